The monoisotopic (exact) mass is 380 g/mol. The van der Waals surface area contributed by atoms with Crippen molar-refractivity contribution in [2.24, 2.45) is 5.73 Å². The van der Waals surface area contributed by atoms with Gasteiger partial charge in [0, 0.05) is 37.9 Å². The van der Waals surface area contributed by atoms with Crippen LogP contribution in [0.4, 0.5) is 0 Å². The van der Waals surface area contributed by atoms with Gasteiger partial charge < -0.3 is 15.2 Å². The summed E-state index contributed by atoms with van der Waals surface area (Å²) in [6.45, 7) is 7.76. The second-order valence-corrected chi connectivity index (χ2v) is 7.17. The number of rotatable bonds is 8. The van der Waals surface area contributed by atoms with Crippen molar-refractivity contribution >= 4 is 18.3 Å². The van der Waals surface area contributed by atoms with Gasteiger partial charge >= 0.3 is 0 Å². The quantitative estimate of drug-likeness (QED) is 0.761. The smallest absolute Gasteiger partial charge is 0.227 e. The van der Waals surface area contributed by atoms with Gasteiger partial charge in [0.2, 0.25) is 11.8 Å². The molecule has 0 radical (unpaired) electrons. The van der Waals surface area contributed by atoms with E-state index in [9.17, 15) is 4.79 Å². The van der Waals surface area contributed by atoms with Crippen molar-refractivity contribution in [3.8, 4) is 0 Å². The molecule has 0 spiro atoms. The van der Waals surface area contributed by atoms with Crippen molar-refractivity contribution in [1.82, 2.24) is 15.0 Å². The summed E-state index contributed by atoms with van der Waals surface area (Å²) in [5.74, 6) is 1.24. The molecule has 7 heteroatoms. The maximum atomic E-state index is 12.5. The number of aryl methyl sites for hydroxylation is 1. The predicted molar refractivity (Wildman–Crippen MR) is 104 cm³/mol. The van der Waals surface area contributed by atoms with E-state index in [0.29, 0.717) is 44.2 Å². The highest BCUT2D eigenvalue weighted by Gasteiger charge is 2.21. The second kappa shape index (κ2) is 10.3. The third-order valence-corrected chi connectivity index (χ3v) is 3.96. The highest BCUT2D eigenvalue weighted by molar-refractivity contribution is 5.85. The Kier molecular flexibility index (Phi) is 8.75. The zero-order valence-electron chi connectivity index (χ0n) is 15.8. The number of carbonyl (C=O) groups excluding carboxylic acids is 1. The summed E-state index contributed by atoms with van der Waals surface area (Å²) in [6.07, 6.45) is 1.62. The normalized spacial score (nSPS) is 11.1. The number of nitrogens with two attached hydrogens (primary N) is 1. The van der Waals surface area contributed by atoms with E-state index in [1.54, 1.807) is 0 Å². The molecule has 0 atom stereocenters. The molecule has 2 N–H and O–H groups in total. The zero-order valence-corrected chi connectivity index (χ0v) is 16.6. The Balaban J connectivity index is 0.00000338. The molecular formula is C19H29ClN4O2. The Hall–Kier alpha value is -1.92. The first-order valence-electron chi connectivity index (χ1n) is 8.75. The first kappa shape index (κ1) is 22.1. The molecule has 1 aromatic heterocycles. The van der Waals surface area contributed by atoms with Gasteiger partial charge in [0.05, 0.1) is 0 Å². The van der Waals surface area contributed by atoms with E-state index in [1.807, 2.05) is 43.9 Å². The van der Waals surface area contributed by atoms with Crippen molar-refractivity contribution in [1.29, 1.82) is 0 Å². The number of carbonyl (C=O) groups is 1. The maximum absolute atomic E-state index is 12.5. The van der Waals surface area contributed by atoms with E-state index in [2.05, 4.69) is 22.3 Å². The summed E-state index contributed by atoms with van der Waals surface area (Å²) in [7, 11) is 0. The molecular weight excluding hydrogens is 352 g/mol. The van der Waals surface area contributed by atoms with Crippen LogP contribution in [0.2, 0.25) is 0 Å². The fraction of sp³-hybridized carbons (Fsp3) is 0.526. The summed E-state index contributed by atoms with van der Waals surface area (Å²) in [6, 6.07) is 10.1. The third kappa shape index (κ3) is 6.77. The third-order valence-electron chi connectivity index (χ3n) is 3.96. The van der Waals surface area contributed by atoms with E-state index >= 15 is 0 Å². The van der Waals surface area contributed by atoms with E-state index in [0.717, 1.165) is 6.42 Å². The largest absolute Gasteiger partial charge is 0.341 e. The van der Waals surface area contributed by atoms with Crippen LogP contribution in [0.25, 0.3) is 0 Å². The lowest BCUT2D eigenvalue weighted by Crippen LogP contribution is -2.37. The minimum atomic E-state index is -0.160. The Morgan fingerprint density at radius 1 is 1.15 bits per heavy atom. The van der Waals surface area contributed by atoms with Gasteiger partial charge in [0.15, 0.2) is 5.82 Å². The summed E-state index contributed by atoms with van der Waals surface area (Å²) < 4.78 is 5.25. The fourth-order valence-electron chi connectivity index (χ4n) is 2.46. The molecule has 0 aliphatic heterocycles. The van der Waals surface area contributed by atoms with E-state index in [1.165, 1.54) is 5.56 Å². The molecule has 26 heavy (non-hydrogen) atoms. The van der Waals surface area contributed by atoms with Crippen LogP contribution in [0.5, 0.6) is 0 Å². The van der Waals surface area contributed by atoms with Crippen LogP contribution in [-0.2, 0) is 23.1 Å². The molecule has 2 aromatic rings. The van der Waals surface area contributed by atoms with Crippen molar-refractivity contribution < 1.29 is 9.32 Å². The highest BCUT2D eigenvalue weighted by atomic mass is 35.5. The van der Waals surface area contributed by atoms with Gasteiger partial charge in [0.1, 0.15) is 0 Å². The summed E-state index contributed by atoms with van der Waals surface area (Å²) in [4.78, 5) is 18.7. The minimum Gasteiger partial charge on any atom is -0.341 e. The molecule has 0 fully saturated rings. The van der Waals surface area contributed by atoms with Crippen LogP contribution < -0.4 is 5.73 Å². The molecule has 2 rings (SSSR count). The predicted octanol–water partition coefficient (Wildman–Crippen LogP) is 2.75. The highest BCUT2D eigenvalue weighted by Crippen LogP contribution is 2.18. The first-order valence-corrected chi connectivity index (χ1v) is 8.75. The van der Waals surface area contributed by atoms with Crippen LogP contribution in [-0.4, -0.2) is 40.6 Å². The van der Waals surface area contributed by atoms with Crippen LogP contribution in [0.1, 0.15) is 44.5 Å². The summed E-state index contributed by atoms with van der Waals surface area (Å²) >= 11 is 0. The lowest BCUT2D eigenvalue weighted by atomic mass is 9.96. The lowest BCUT2D eigenvalue weighted by Gasteiger charge is -2.22. The van der Waals surface area contributed by atoms with Gasteiger partial charge in [-0.3, -0.25) is 4.79 Å². The molecule has 0 bridgehead atoms. The lowest BCUT2D eigenvalue weighted by molar-refractivity contribution is -0.131. The maximum Gasteiger partial charge on any atom is 0.227 e. The van der Waals surface area contributed by atoms with Gasteiger partial charge in [-0.05, 0) is 12.0 Å². The van der Waals surface area contributed by atoms with Gasteiger partial charge in [0.25, 0.3) is 0 Å². The SMILES string of the molecule is CC(C)(C)c1noc(CCC(=O)N(CCN)CCc2ccccc2)n1.Cl. The van der Waals surface area contributed by atoms with Crippen molar-refractivity contribution in [2.75, 3.05) is 19.6 Å². The molecule has 1 aromatic carbocycles. The second-order valence-electron chi connectivity index (χ2n) is 7.17. The van der Waals surface area contributed by atoms with Gasteiger partial charge in [-0.1, -0.05) is 56.3 Å². The average Bonchev–Trinajstić information content (AvgIpc) is 3.07. The molecule has 0 aliphatic rings. The van der Waals surface area contributed by atoms with Crippen molar-refractivity contribution in [2.45, 2.75) is 45.4 Å². The molecule has 144 valence electrons. The van der Waals surface area contributed by atoms with E-state index in [-0.39, 0.29) is 23.7 Å². The number of amides is 1. The molecule has 0 unspecified atom stereocenters. The van der Waals surface area contributed by atoms with Crippen LogP contribution >= 0.6 is 12.4 Å². The summed E-state index contributed by atoms with van der Waals surface area (Å²) in [5.41, 5.74) is 6.71. The van der Waals surface area contributed by atoms with Crippen LogP contribution in [0.15, 0.2) is 34.9 Å². The molecule has 1 heterocycles. The Morgan fingerprint density at radius 2 is 1.85 bits per heavy atom. The van der Waals surface area contributed by atoms with Crippen molar-refractivity contribution in [3.63, 3.8) is 0 Å². The van der Waals surface area contributed by atoms with Crippen molar-refractivity contribution in [3.05, 3.63) is 47.6 Å². The van der Waals surface area contributed by atoms with Gasteiger partial charge in [-0.2, -0.15) is 4.98 Å². The van der Waals surface area contributed by atoms with Crippen LogP contribution in [0, 0.1) is 0 Å². The number of halogens is 1. The number of nitrogens with zero attached hydrogens (tertiary/aromatic N) is 3. The Labute approximate surface area is 161 Å². The zero-order chi connectivity index (χ0) is 18.3. The van der Waals surface area contributed by atoms with Crippen LogP contribution in [0.3, 0.4) is 0 Å². The van der Waals surface area contributed by atoms with E-state index < -0.39 is 0 Å². The Bertz CT molecular complexity index is 668. The average molecular weight is 381 g/mol. The number of hydrogen-bond acceptors (Lipinski definition) is 5. The Morgan fingerprint density at radius 3 is 2.42 bits per heavy atom. The number of hydrogen-bond donors (Lipinski definition) is 1. The molecule has 0 saturated heterocycles. The van der Waals surface area contributed by atoms with Gasteiger partial charge in [-0.15, -0.1) is 12.4 Å². The number of benzene rings is 1. The van der Waals surface area contributed by atoms with E-state index in [4.69, 9.17) is 10.3 Å². The molecule has 1 amide bonds. The topological polar surface area (TPSA) is 85.2 Å². The van der Waals surface area contributed by atoms with Gasteiger partial charge in [-0.25, -0.2) is 0 Å². The standard InChI is InChI=1S/C19H28N4O2.ClH/c1-19(2,3)18-21-16(25-22-18)9-10-17(24)23(14-12-20)13-11-15-7-5-4-6-8-15;/h4-8H,9-14,20H2,1-3H3;1H. The molecule has 0 aliphatic carbocycles. The fourth-order valence-corrected chi connectivity index (χ4v) is 2.46. The minimum absolute atomic E-state index is 0. The number of aromatic nitrogens is 2. The first-order chi connectivity index (χ1) is 11.9. The molecule has 6 nitrogen and oxygen atoms in total. The summed E-state index contributed by atoms with van der Waals surface area (Å²) in [5, 5.41) is 3.99. The molecule has 0 saturated carbocycles.